The lowest BCUT2D eigenvalue weighted by molar-refractivity contribution is 0.0954. The van der Waals surface area contributed by atoms with Crippen LogP contribution in [0.15, 0.2) is 12.1 Å². The summed E-state index contributed by atoms with van der Waals surface area (Å²) in [5, 5.41) is 3.93. The first-order valence-corrected chi connectivity index (χ1v) is 7.29. The van der Waals surface area contributed by atoms with E-state index in [1.807, 2.05) is 14.0 Å². The maximum absolute atomic E-state index is 12.1. The van der Waals surface area contributed by atoms with Gasteiger partial charge in [0, 0.05) is 18.8 Å². The van der Waals surface area contributed by atoms with E-state index in [4.69, 9.17) is 0 Å². The van der Waals surface area contributed by atoms with Crippen molar-refractivity contribution in [2.75, 3.05) is 0 Å². The Morgan fingerprint density at radius 2 is 2.16 bits per heavy atom. The fraction of sp³-hybridized carbons (Fsp3) is 0.429. The lowest BCUT2D eigenvalue weighted by Gasteiger charge is -2.01. The molecule has 0 bridgehead atoms. The lowest BCUT2D eigenvalue weighted by atomic mass is 10.3. The number of nitrogens with one attached hydrogen (secondary N) is 1. The van der Waals surface area contributed by atoms with E-state index < -0.39 is 0 Å². The Labute approximate surface area is 116 Å². The highest BCUT2D eigenvalue weighted by molar-refractivity contribution is 7.17. The van der Waals surface area contributed by atoms with Crippen molar-refractivity contribution in [3.8, 4) is 10.7 Å². The maximum atomic E-state index is 12.1. The van der Waals surface area contributed by atoms with Crippen LogP contribution < -0.4 is 5.32 Å². The van der Waals surface area contributed by atoms with Crippen LogP contribution in [0.25, 0.3) is 10.7 Å². The van der Waals surface area contributed by atoms with E-state index in [2.05, 4.69) is 33.9 Å². The Balaban J connectivity index is 1.92. The summed E-state index contributed by atoms with van der Waals surface area (Å²) < 4.78 is 2.10. The predicted octanol–water partition coefficient (Wildman–Crippen LogP) is 2.66. The third kappa shape index (κ3) is 2.30. The SMILES string of the molecule is Cc1nc(-c2ccc(C)n2C)sc1C(=O)NC1CC1. The van der Waals surface area contributed by atoms with Crippen molar-refractivity contribution in [2.45, 2.75) is 32.7 Å². The standard InChI is InChI=1S/C14H17N3OS/c1-8-4-7-11(17(8)3)14-15-9(2)12(19-14)13(18)16-10-5-6-10/h4,7,10H,5-6H2,1-3H3,(H,16,18). The first-order valence-electron chi connectivity index (χ1n) is 6.47. The van der Waals surface area contributed by atoms with Gasteiger partial charge in [-0.2, -0.15) is 0 Å². The van der Waals surface area contributed by atoms with Gasteiger partial charge in [-0.3, -0.25) is 4.79 Å². The number of hydrogen-bond donors (Lipinski definition) is 1. The molecule has 1 amide bonds. The van der Waals surface area contributed by atoms with Crippen molar-refractivity contribution in [1.29, 1.82) is 0 Å². The van der Waals surface area contributed by atoms with Crippen molar-refractivity contribution in [1.82, 2.24) is 14.9 Å². The quantitative estimate of drug-likeness (QED) is 0.936. The second-order valence-electron chi connectivity index (χ2n) is 5.10. The molecule has 3 rings (SSSR count). The second kappa shape index (κ2) is 4.49. The summed E-state index contributed by atoms with van der Waals surface area (Å²) in [7, 11) is 2.02. The lowest BCUT2D eigenvalue weighted by Crippen LogP contribution is -2.25. The van der Waals surface area contributed by atoms with Crippen LogP contribution in [-0.2, 0) is 7.05 Å². The third-order valence-corrected chi connectivity index (χ3v) is 4.69. The second-order valence-corrected chi connectivity index (χ2v) is 6.10. The molecule has 0 atom stereocenters. The normalized spacial score (nSPS) is 14.7. The molecule has 1 saturated carbocycles. The molecule has 1 N–H and O–H groups in total. The van der Waals surface area contributed by atoms with E-state index >= 15 is 0 Å². The van der Waals surface area contributed by atoms with Crippen LogP contribution in [0.2, 0.25) is 0 Å². The summed E-state index contributed by atoms with van der Waals surface area (Å²) in [6.07, 6.45) is 2.21. The van der Waals surface area contributed by atoms with Gasteiger partial charge in [0.05, 0.1) is 11.4 Å². The Bertz CT molecular complexity index is 637. The predicted molar refractivity (Wildman–Crippen MR) is 76.5 cm³/mol. The van der Waals surface area contributed by atoms with Crippen molar-refractivity contribution in [3.63, 3.8) is 0 Å². The molecule has 2 heterocycles. The van der Waals surface area contributed by atoms with Crippen molar-refractivity contribution < 1.29 is 4.79 Å². The van der Waals surface area contributed by atoms with Gasteiger partial charge in [-0.15, -0.1) is 11.3 Å². The van der Waals surface area contributed by atoms with Crippen molar-refractivity contribution >= 4 is 17.2 Å². The molecule has 4 nitrogen and oxygen atoms in total. The first-order chi connectivity index (χ1) is 9.06. The number of aryl methyl sites for hydroxylation is 2. The highest BCUT2D eigenvalue weighted by atomic mass is 32.1. The van der Waals surface area contributed by atoms with Crippen LogP contribution in [0, 0.1) is 13.8 Å². The fourth-order valence-corrected chi connectivity index (χ4v) is 3.05. The molecule has 0 saturated heterocycles. The number of nitrogens with zero attached hydrogens (tertiary/aromatic N) is 2. The van der Waals surface area contributed by atoms with Gasteiger partial charge in [0.1, 0.15) is 9.88 Å². The van der Waals surface area contributed by atoms with Gasteiger partial charge in [0.15, 0.2) is 0 Å². The van der Waals surface area contributed by atoms with Crippen LogP contribution in [0.1, 0.15) is 33.9 Å². The Morgan fingerprint density at radius 3 is 2.74 bits per heavy atom. The van der Waals surface area contributed by atoms with Crippen LogP contribution in [0.4, 0.5) is 0 Å². The largest absolute Gasteiger partial charge is 0.349 e. The summed E-state index contributed by atoms with van der Waals surface area (Å²) in [6, 6.07) is 4.50. The van der Waals surface area contributed by atoms with Crippen molar-refractivity contribution in [2.24, 2.45) is 7.05 Å². The first kappa shape index (κ1) is 12.4. The molecular formula is C14H17N3OS. The summed E-state index contributed by atoms with van der Waals surface area (Å²) in [5.74, 6) is 0.0229. The number of amides is 1. The molecule has 0 radical (unpaired) electrons. The van der Waals surface area contributed by atoms with E-state index in [9.17, 15) is 4.79 Å². The van der Waals surface area contributed by atoms with Crippen LogP contribution >= 0.6 is 11.3 Å². The molecule has 0 spiro atoms. The number of carbonyl (C=O) groups excluding carboxylic acids is 1. The van der Waals surface area contributed by atoms with Gasteiger partial charge in [-0.1, -0.05) is 0 Å². The molecule has 1 fully saturated rings. The summed E-state index contributed by atoms with van der Waals surface area (Å²) in [4.78, 5) is 17.4. The minimum atomic E-state index is 0.0229. The molecule has 100 valence electrons. The van der Waals surface area contributed by atoms with Gasteiger partial charge in [-0.05, 0) is 38.8 Å². The maximum Gasteiger partial charge on any atom is 0.263 e. The van der Waals surface area contributed by atoms with E-state index in [0.717, 1.165) is 34.1 Å². The van der Waals surface area contributed by atoms with E-state index in [1.54, 1.807) is 0 Å². The molecule has 5 heteroatoms. The molecular weight excluding hydrogens is 258 g/mol. The Morgan fingerprint density at radius 1 is 1.42 bits per heavy atom. The Hall–Kier alpha value is -1.62. The molecule has 1 aliphatic carbocycles. The van der Waals surface area contributed by atoms with E-state index in [0.29, 0.717) is 6.04 Å². The fourth-order valence-electron chi connectivity index (χ4n) is 2.02. The van der Waals surface area contributed by atoms with Crippen molar-refractivity contribution in [3.05, 3.63) is 28.4 Å². The number of carbonyl (C=O) groups is 1. The average molecular weight is 275 g/mol. The summed E-state index contributed by atoms with van der Waals surface area (Å²) in [5.41, 5.74) is 3.07. The summed E-state index contributed by atoms with van der Waals surface area (Å²) >= 11 is 1.47. The molecule has 0 aliphatic heterocycles. The zero-order chi connectivity index (χ0) is 13.6. The van der Waals surface area contributed by atoms with E-state index in [1.165, 1.54) is 17.0 Å². The molecule has 2 aromatic heterocycles. The molecule has 19 heavy (non-hydrogen) atoms. The topological polar surface area (TPSA) is 46.9 Å². The number of thiazole rings is 1. The number of aromatic nitrogens is 2. The number of rotatable bonds is 3. The minimum absolute atomic E-state index is 0.0229. The molecule has 0 aromatic carbocycles. The van der Waals surface area contributed by atoms with Crippen LogP contribution in [0.3, 0.4) is 0 Å². The highest BCUT2D eigenvalue weighted by Gasteiger charge is 2.26. The molecule has 2 aromatic rings. The van der Waals surface area contributed by atoms with Gasteiger partial charge < -0.3 is 9.88 Å². The average Bonchev–Trinajstić information content (AvgIpc) is 3.01. The minimum Gasteiger partial charge on any atom is -0.349 e. The van der Waals surface area contributed by atoms with Gasteiger partial charge in [0.2, 0.25) is 0 Å². The van der Waals surface area contributed by atoms with E-state index in [-0.39, 0.29) is 5.91 Å². The van der Waals surface area contributed by atoms with Gasteiger partial charge in [-0.25, -0.2) is 4.98 Å². The highest BCUT2D eigenvalue weighted by Crippen LogP contribution is 2.29. The number of hydrogen-bond acceptors (Lipinski definition) is 3. The zero-order valence-electron chi connectivity index (χ0n) is 11.4. The molecule has 0 unspecified atom stereocenters. The smallest absolute Gasteiger partial charge is 0.263 e. The third-order valence-electron chi connectivity index (χ3n) is 3.51. The Kier molecular flexibility index (Phi) is 2.93. The monoisotopic (exact) mass is 275 g/mol. The summed E-state index contributed by atoms with van der Waals surface area (Å²) in [6.45, 7) is 3.96. The van der Waals surface area contributed by atoms with Gasteiger partial charge in [0.25, 0.3) is 5.91 Å². The molecule has 1 aliphatic rings. The zero-order valence-corrected chi connectivity index (χ0v) is 12.2. The van der Waals surface area contributed by atoms with Crippen LogP contribution in [0.5, 0.6) is 0 Å². The van der Waals surface area contributed by atoms with Crippen LogP contribution in [-0.4, -0.2) is 21.5 Å². The van der Waals surface area contributed by atoms with Gasteiger partial charge >= 0.3 is 0 Å².